The lowest BCUT2D eigenvalue weighted by Crippen LogP contribution is -2.15. The number of carbonyl (C=O) groups excluding carboxylic acids is 2. The van der Waals surface area contributed by atoms with E-state index < -0.39 is 5.97 Å². The van der Waals surface area contributed by atoms with Crippen LogP contribution in [0.3, 0.4) is 0 Å². The maximum absolute atomic E-state index is 13.8. The average molecular weight is 509 g/mol. The Balaban J connectivity index is 1.57. The van der Waals surface area contributed by atoms with Gasteiger partial charge in [-0.05, 0) is 55.7 Å². The molecule has 6 heteroatoms. The molecule has 0 aliphatic heterocycles. The number of nitrogens with one attached hydrogen (secondary N) is 1. The summed E-state index contributed by atoms with van der Waals surface area (Å²) >= 11 is 1.38. The number of aromatic nitrogens is 1. The van der Waals surface area contributed by atoms with Crippen LogP contribution in [0.1, 0.15) is 51.6 Å². The number of para-hydroxylation sites is 1. The van der Waals surface area contributed by atoms with Gasteiger partial charge in [-0.15, -0.1) is 11.3 Å². The minimum atomic E-state index is -0.420. The number of carbonyl (C=O) groups is 2. The van der Waals surface area contributed by atoms with E-state index in [4.69, 9.17) is 9.72 Å². The van der Waals surface area contributed by atoms with Gasteiger partial charge in [0.15, 0.2) is 0 Å². The third-order valence-corrected chi connectivity index (χ3v) is 7.61. The van der Waals surface area contributed by atoms with Crippen LogP contribution in [0.25, 0.3) is 32.2 Å². The molecule has 0 radical (unpaired) electrons. The fraction of sp³-hybridized carbons (Fsp3) is 0.194. The van der Waals surface area contributed by atoms with Crippen molar-refractivity contribution in [3.63, 3.8) is 0 Å². The number of pyridine rings is 1. The molecule has 186 valence electrons. The summed E-state index contributed by atoms with van der Waals surface area (Å²) in [6, 6.07) is 23.3. The van der Waals surface area contributed by atoms with Gasteiger partial charge in [-0.1, -0.05) is 61.9 Å². The first kappa shape index (κ1) is 24.7. The summed E-state index contributed by atoms with van der Waals surface area (Å²) in [4.78, 5) is 31.7. The van der Waals surface area contributed by atoms with Crippen molar-refractivity contribution in [2.24, 2.45) is 0 Å². The Morgan fingerprint density at radius 3 is 2.46 bits per heavy atom. The van der Waals surface area contributed by atoms with Gasteiger partial charge in [0.1, 0.15) is 10.6 Å². The highest BCUT2D eigenvalue weighted by Gasteiger charge is 2.23. The molecule has 0 atom stereocenters. The monoisotopic (exact) mass is 508 g/mol. The molecular weight excluding hydrogens is 480 g/mol. The first-order chi connectivity index (χ1) is 18.0. The number of aryl methyl sites for hydroxylation is 2. The molecule has 0 spiro atoms. The van der Waals surface area contributed by atoms with Crippen LogP contribution in [0.15, 0.2) is 72.8 Å². The third kappa shape index (κ3) is 4.98. The Morgan fingerprint density at radius 1 is 0.919 bits per heavy atom. The number of fused-ring (bicyclic) bond motifs is 2. The molecule has 0 saturated carbocycles. The van der Waals surface area contributed by atoms with Crippen molar-refractivity contribution in [2.75, 3.05) is 11.9 Å². The highest BCUT2D eigenvalue weighted by atomic mass is 32.1. The molecule has 2 aromatic heterocycles. The van der Waals surface area contributed by atoms with Gasteiger partial charge in [0.2, 0.25) is 0 Å². The minimum Gasteiger partial charge on any atom is -0.462 e. The lowest BCUT2D eigenvalue weighted by molar-refractivity contribution is 0.0503. The summed E-state index contributed by atoms with van der Waals surface area (Å²) in [6.07, 6.45) is 1.72. The number of hydrogen-bond acceptors (Lipinski definition) is 5. The summed E-state index contributed by atoms with van der Waals surface area (Å²) < 4.78 is 6.45. The second kappa shape index (κ2) is 10.5. The molecule has 0 aliphatic carbocycles. The highest BCUT2D eigenvalue weighted by molar-refractivity contribution is 7.23. The van der Waals surface area contributed by atoms with Gasteiger partial charge < -0.3 is 10.1 Å². The lowest BCUT2D eigenvalue weighted by atomic mass is 10.0. The topological polar surface area (TPSA) is 68.3 Å². The van der Waals surface area contributed by atoms with E-state index in [1.807, 2.05) is 67.6 Å². The molecule has 0 aliphatic rings. The number of anilines is 1. The van der Waals surface area contributed by atoms with E-state index in [2.05, 4.69) is 31.3 Å². The lowest BCUT2D eigenvalue weighted by Gasteiger charge is -2.12. The van der Waals surface area contributed by atoms with Crippen LogP contribution in [-0.2, 0) is 4.74 Å². The minimum absolute atomic E-state index is 0.294. The van der Waals surface area contributed by atoms with Gasteiger partial charge in [-0.2, -0.15) is 0 Å². The molecule has 1 N–H and O–H groups in total. The molecule has 0 bridgehead atoms. The van der Waals surface area contributed by atoms with Crippen molar-refractivity contribution in [1.82, 2.24) is 4.98 Å². The standard InChI is InChI=1S/C31H28N2O3S/c1-4-5-16-36-31(35)28-23-11-7-9-13-27(23)37-30(28)33-29(34)24-18-26(21-15-14-19(2)20(3)17-21)32-25-12-8-6-10-22(24)25/h6-15,17-18H,4-5,16H2,1-3H3,(H,33,34). The maximum atomic E-state index is 13.8. The molecule has 1 amide bonds. The molecular formula is C31H28N2O3S. The molecule has 5 aromatic rings. The van der Waals surface area contributed by atoms with Crippen LogP contribution in [-0.4, -0.2) is 23.5 Å². The van der Waals surface area contributed by atoms with Gasteiger partial charge in [0.25, 0.3) is 5.91 Å². The van der Waals surface area contributed by atoms with E-state index in [0.29, 0.717) is 22.7 Å². The van der Waals surface area contributed by atoms with Crippen LogP contribution < -0.4 is 5.32 Å². The number of ether oxygens (including phenoxy) is 1. The van der Waals surface area contributed by atoms with Crippen LogP contribution in [0.2, 0.25) is 0 Å². The molecule has 37 heavy (non-hydrogen) atoms. The smallest absolute Gasteiger partial charge is 0.341 e. The van der Waals surface area contributed by atoms with Crippen LogP contribution in [0, 0.1) is 13.8 Å². The predicted molar refractivity (Wildman–Crippen MR) is 152 cm³/mol. The summed E-state index contributed by atoms with van der Waals surface area (Å²) in [5, 5.41) is 5.05. The Labute approximate surface area is 220 Å². The predicted octanol–water partition coefficient (Wildman–Crippen LogP) is 7.94. The number of thiophene rings is 1. The summed E-state index contributed by atoms with van der Waals surface area (Å²) in [7, 11) is 0. The number of rotatable bonds is 7. The molecule has 5 rings (SSSR count). The largest absolute Gasteiger partial charge is 0.462 e. The summed E-state index contributed by atoms with van der Waals surface area (Å²) in [5.74, 6) is -0.713. The van der Waals surface area contributed by atoms with E-state index in [9.17, 15) is 9.59 Å². The second-order valence-electron chi connectivity index (χ2n) is 9.12. The molecule has 2 heterocycles. The Morgan fingerprint density at radius 2 is 1.68 bits per heavy atom. The van der Waals surface area contributed by atoms with Crippen LogP contribution in [0.5, 0.6) is 0 Å². The van der Waals surface area contributed by atoms with E-state index >= 15 is 0 Å². The molecule has 3 aromatic carbocycles. The van der Waals surface area contributed by atoms with Gasteiger partial charge in [0.05, 0.1) is 23.4 Å². The van der Waals surface area contributed by atoms with Crippen molar-refractivity contribution in [2.45, 2.75) is 33.6 Å². The van der Waals surface area contributed by atoms with Gasteiger partial charge in [-0.25, -0.2) is 9.78 Å². The number of unbranched alkanes of at least 4 members (excludes halogenated alkanes) is 1. The highest BCUT2D eigenvalue weighted by Crippen LogP contribution is 2.37. The van der Waals surface area contributed by atoms with Crippen molar-refractivity contribution < 1.29 is 14.3 Å². The van der Waals surface area contributed by atoms with Gasteiger partial charge in [0, 0.05) is 21.0 Å². The SMILES string of the molecule is CCCCOC(=O)c1c(NC(=O)c2cc(-c3ccc(C)c(C)c3)nc3ccccc23)sc2ccccc12. The zero-order valence-electron chi connectivity index (χ0n) is 21.1. The van der Waals surface area contributed by atoms with E-state index in [1.54, 1.807) is 0 Å². The average Bonchev–Trinajstić information content (AvgIpc) is 3.27. The zero-order valence-corrected chi connectivity index (χ0v) is 21.9. The fourth-order valence-corrected chi connectivity index (χ4v) is 5.39. The van der Waals surface area contributed by atoms with Gasteiger partial charge in [-0.3, -0.25) is 4.79 Å². The van der Waals surface area contributed by atoms with Crippen LogP contribution >= 0.6 is 11.3 Å². The Hall–Kier alpha value is -4.03. The van der Waals surface area contributed by atoms with Gasteiger partial charge >= 0.3 is 5.97 Å². The van der Waals surface area contributed by atoms with E-state index in [1.165, 1.54) is 16.9 Å². The van der Waals surface area contributed by atoms with Crippen LogP contribution in [0.4, 0.5) is 5.00 Å². The fourth-order valence-electron chi connectivity index (χ4n) is 4.30. The number of nitrogens with zero attached hydrogens (tertiary/aromatic N) is 1. The van der Waals surface area contributed by atoms with Crippen molar-refractivity contribution in [3.8, 4) is 11.3 Å². The third-order valence-electron chi connectivity index (χ3n) is 6.52. The quantitative estimate of drug-likeness (QED) is 0.179. The Kier molecular flexibility index (Phi) is 7.01. The van der Waals surface area contributed by atoms with Crippen molar-refractivity contribution in [1.29, 1.82) is 0 Å². The number of esters is 1. The summed E-state index contributed by atoms with van der Waals surface area (Å²) in [5.41, 5.74) is 5.67. The number of hydrogen-bond donors (Lipinski definition) is 1. The molecule has 0 saturated heterocycles. The molecule has 0 fully saturated rings. The Bertz CT molecular complexity index is 1640. The van der Waals surface area contributed by atoms with Crippen molar-refractivity contribution in [3.05, 3.63) is 95.1 Å². The number of amides is 1. The molecule has 0 unspecified atom stereocenters. The first-order valence-corrected chi connectivity index (χ1v) is 13.3. The van der Waals surface area contributed by atoms with E-state index in [-0.39, 0.29) is 5.91 Å². The maximum Gasteiger partial charge on any atom is 0.341 e. The van der Waals surface area contributed by atoms with E-state index in [0.717, 1.165) is 50.7 Å². The van der Waals surface area contributed by atoms with Crippen molar-refractivity contribution >= 4 is 49.2 Å². The number of benzene rings is 3. The molecule has 5 nitrogen and oxygen atoms in total. The normalized spacial score (nSPS) is 11.1. The zero-order chi connectivity index (χ0) is 25.9. The first-order valence-electron chi connectivity index (χ1n) is 12.4. The second-order valence-corrected chi connectivity index (χ2v) is 10.2. The summed E-state index contributed by atoms with van der Waals surface area (Å²) in [6.45, 7) is 6.53.